The first-order chi connectivity index (χ1) is 11.3. The van der Waals surface area contributed by atoms with Gasteiger partial charge in [0.1, 0.15) is 12.7 Å². The number of nitrogens with one attached hydrogen (secondary N) is 1. The van der Waals surface area contributed by atoms with Gasteiger partial charge in [-0.15, -0.1) is 0 Å². The van der Waals surface area contributed by atoms with Crippen LogP contribution in [-0.2, 0) is 11.3 Å². The summed E-state index contributed by atoms with van der Waals surface area (Å²) in [6.07, 6.45) is 2.97. The van der Waals surface area contributed by atoms with Crippen LogP contribution in [0.4, 0.5) is 4.79 Å². The largest absolute Gasteiger partial charge is 0.445 e. The van der Waals surface area contributed by atoms with E-state index in [1.807, 2.05) is 36.4 Å². The molecule has 0 unspecified atom stereocenters. The molecule has 0 saturated carbocycles. The molecule has 0 atom stereocenters. The fourth-order valence-electron chi connectivity index (χ4n) is 1.62. The Labute approximate surface area is 134 Å². The lowest BCUT2D eigenvalue weighted by molar-refractivity contribution is 0.140. The minimum Gasteiger partial charge on any atom is -0.445 e. The number of rotatable bonds is 4. The van der Waals surface area contributed by atoms with Crippen molar-refractivity contribution in [3.05, 3.63) is 59.7 Å². The van der Waals surface area contributed by atoms with Crippen LogP contribution >= 0.6 is 0 Å². The topological polar surface area (TPSA) is 87.9 Å². The lowest BCUT2D eigenvalue weighted by Gasteiger charge is -2.05. The number of carbonyl (C=O) groups excluding carboxylic acids is 1. The van der Waals surface area contributed by atoms with Gasteiger partial charge in [-0.25, -0.2) is 14.8 Å². The molecule has 2 rings (SSSR count). The highest BCUT2D eigenvalue weighted by Gasteiger charge is 2.00. The van der Waals surface area contributed by atoms with Crippen LogP contribution in [0.5, 0.6) is 0 Å². The highest BCUT2D eigenvalue weighted by Crippen LogP contribution is 2.00. The molecule has 0 bridgehead atoms. The second-order valence-electron chi connectivity index (χ2n) is 4.45. The molecule has 1 heterocycles. The highest BCUT2D eigenvalue weighted by molar-refractivity contribution is 5.67. The average molecular weight is 306 g/mol. The van der Waals surface area contributed by atoms with Gasteiger partial charge in [-0.2, -0.15) is 5.26 Å². The van der Waals surface area contributed by atoms with Crippen LogP contribution in [0.3, 0.4) is 0 Å². The van der Waals surface area contributed by atoms with Crippen LogP contribution in [0.15, 0.2) is 42.7 Å². The maximum atomic E-state index is 11.5. The SMILES string of the molecule is N#Cc1ncc(C#CCCNC(=O)OCc2ccccc2)cn1. The van der Waals surface area contributed by atoms with Gasteiger partial charge in [-0.3, -0.25) is 0 Å². The van der Waals surface area contributed by atoms with E-state index in [-0.39, 0.29) is 12.4 Å². The van der Waals surface area contributed by atoms with Crippen molar-refractivity contribution in [2.45, 2.75) is 13.0 Å². The first kappa shape index (κ1) is 16.0. The normalized spacial score (nSPS) is 9.17. The molecule has 0 fully saturated rings. The number of carbonyl (C=O) groups is 1. The van der Waals surface area contributed by atoms with Crippen LogP contribution < -0.4 is 5.32 Å². The molecule has 114 valence electrons. The van der Waals surface area contributed by atoms with Gasteiger partial charge in [0.25, 0.3) is 0 Å². The number of benzene rings is 1. The number of amides is 1. The zero-order valence-corrected chi connectivity index (χ0v) is 12.3. The van der Waals surface area contributed by atoms with Crippen molar-refractivity contribution in [2.75, 3.05) is 6.54 Å². The number of hydrogen-bond donors (Lipinski definition) is 1. The van der Waals surface area contributed by atoms with Crippen molar-refractivity contribution < 1.29 is 9.53 Å². The summed E-state index contributed by atoms with van der Waals surface area (Å²) < 4.78 is 5.07. The monoisotopic (exact) mass is 306 g/mol. The Kier molecular flexibility index (Phi) is 6.13. The van der Waals surface area contributed by atoms with Crippen LogP contribution in [0.2, 0.25) is 0 Å². The standard InChI is InChI=1S/C17H14N4O2/c18-10-16-20-11-15(12-21-16)8-4-5-9-19-17(22)23-13-14-6-2-1-3-7-14/h1-3,6-7,11-12H,5,9,13H2,(H,19,22). The summed E-state index contributed by atoms with van der Waals surface area (Å²) >= 11 is 0. The van der Waals surface area contributed by atoms with E-state index in [9.17, 15) is 4.79 Å². The van der Waals surface area contributed by atoms with E-state index in [2.05, 4.69) is 27.1 Å². The van der Waals surface area contributed by atoms with Gasteiger partial charge < -0.3 is 10.1 Å². The van der Waals surface area contributed by atoms with Crippen LogP contribution in [-0.4, -0.2) is 22.6 Å². The average Bonchev–Trinajstić information content (AvgIpc) is 2.61. The minimum absolute atomic E-state index is 0.110. The molecule has 23 heavy (non-hydrogen) atoms. The Morgan fingerprint density at radius 2 is 1.96 bits per heavy atom. The Morgan fingerprint density at radius 1 is 1.22 bits per heavy atom. The van der Waals surface area contributed by atoms with Gasteiger partial charge in [0.2, 0.25) is 5.82 Å². The predicted octanol–water partition coefficient (Wildman–Crippen LogP) is 2.02. The molecule has 6 heteroatoms. The van der Waals surface area contributed by atoms with Crippen molar-refractivity contribution >= 4 is 6.09 Å². The summed E-state index contributed by atoms with van der Waals surface area (Å²) in [6, 6.07) is 11.3. The Balaban J connectivity index is 1.66. The molecule has 2 aromatic rings. The van der Waals surface area contributed by atoms with Crippen LogP contribution in [0.25, 0.3) is 0 Å². The summed E-state index contributed by atoms with van der Waals surface area (Å²) in [7, 11) is 0. The summed E-state index contributed by atoms with van der Waals surface area (Å²) in [5.74, 6) is 5.85. The second kappa shape index (κ2) is 8.81. The van der Waals surface area contributed by atoms with Crippen molar-refractivity contribution in [3.8, 4) is 17.9 Å². The number of hydrogen-bond acceptors (Lipinski definition) is 5. The maximum absolute atomic E-state index is 11.5. The predicted molar refractivity (Wildman–Crippen MR) is 82.9 cm³/mol. The second-order valence-corrected chi connectivity index (χ2v) is 4.45. The zero-order valence-electron chi connectivity index (χ0n) is 12.3. The van der Waals surface area contributed by atoms with Crippen molar-refractivity contribution in [1.29, 1.82) is 5.26 Å². The number of ether oxygens (including phenoxy) is 1. The van der Waals surface area contributed by atoms with E-state index in [0.717, 1.165) is 5.56 Å². The maximum Gasteiger partial charge on any atom is 0.407 e. The van der Waals surface area contributed by atoms with E-state index >= 15 is 0 Å². The fourth-order valence-corrected chi connectivity index (χ4v) is 1.62. The van der Waals surface area contributed by atoms with Crippen molar-refractivity contribution in [3.63, 3.8) is 0 Å². The summed E-state index contributed by atoms with van der Waals surface area (Å²) in [4.78, 5) is 19.1. The third kappa shape index (κ3) is 5.86. The zero-order chi connectivity index (χ0) is 16.3. The smallest absolute Gasteiger partial charge is 0.407 e. The van der Waals surface area contributed by atoms with Crippen LogP contribution in [0, 0.1) is 23.2 Å². The molecule has 0 aliphatic heterocycles. The first-order valence-corrected chi connectivity index (χ1v) is 6.93. The van der Waals surface area contributed by atoms with E-state index < -0.39 is 6.09 Å². The van der Waals surface area contributed by atoms with Crippen LogP contribution in [0.1, 0.15) is 23.4 Å². The molecule has 1 N–H and O–H groups in total. The molecule has 0 radical (unpaired) electrons. The van der Waals surface area contributed by atoms with E-state index in [4.69, 9.17) is 10.00 Å². The highest BCUT2D eigenvalue weighted by atomic mass is 16.5. The number of alkyl carbamates (subject to hydrolysis) is 1. The summed E-state index contributed by atoms with van der Waals surface area (Å²) in [5, 5.41) is 11.2. The van der Waals surface area contributed by atoms with E-state index in [1.54, 1.807) is 0 Å². The van der Waals surface area contributed by atoms with Crippen molar-refractivity contribution in [1.82, 2.24) is 15.3 Å². The van der Waals surface area contributed by atoms with E-state index in [1.165, 1.54) is 12.4 Å². The molecule has 6 nitrogen and oxygen atoms in total. The molecular formula is C17H14N4O2. The first-order valence-electron chi connectivity index (χ1n) is 6.93. The quantitative estimate of drug-likeness (QED) is 0.689. The number of nitrogens with zero attached hydrogens (tertiary/aromatic N) is 3. The van der Waals surface area contributed by atoms with E-state index in [0.29, 0.717) is 18.5 Å². The third-order valence-electron chi connectivity index (χ3n) is 2.72. The minimum atomic E-state index is -0.475. The number of nitriles is 1. The van der Waals surface area contributed by atoms with Gasteiger partial charge >= 0.3 is 6.09 Å². The molecule has 0 aliphatic carbocycles. The lowest BCUT2D eigenvalue weighted by atomic mass is 10.2. The Bertz CT molecular complexity index is 740. The molecule has 0 saturated heterocycles. The van der Waals surface area contributed by atoms with Gasteiger partial charge in [-0.1, -0.05) is 42.2 Å². The van der Waals surface area contributed by atoms with Gasteiger partial charge in [0, 0.05) is 25.4 Å². The molecular weight excluding hydrogens is 292 g/mol. The molecule has 1 aromatic carbocycles. The number of aromatic nitrogens is 2. The lowest BCUT2D eigenvalue weighted by Crippen LogP contribution is -2.24. The molecule has 1 aromatic heterocycles. The molecule has 1 amide bonds. The third-order valence-corrected chi connectivity index (χ3v) is 2.72. The van der Waals surface area contributed by atoms with Crippen molar-refractivity contribution in [2.24, 2.45) is 0 Å². The summed E-state index contributed by atoms with van der Waals surface area (Å²) in [6.45, 7) is 0.624. The Morgan fingerprint density at radius 3 is 2.65 bits per heavy atom. The molecule has 0 aliphatic rings. The fraction of sp³-hybridized carbons (Fsp3) is 0.176. The molecule has 0 spiro atoms. The summed E-state index contributed by atoms with van der Waals surface area (Å²) in [5.41, 5.74) is 1.55. The van der Waals surface area contributed by atoms with Gasteiger partial charge in [-0.05, 0) is 5.56 Å². The Hall–Kier alpha value is -3.38. The van der Waals surface area contributed by atoms with Gasteiger partial charge in [0.15, 0.2) is 0 Å². The van der Waals surface area contributed by atoms with Gasteiger partial charge in [0.05, 0.1) is 5.56 Å².